The first kappa shape index (κ1) is 16.9. The van der Waals surface area contributed by atoms with Crippen molar-refractivity contribution in [1.29, 1.82) is 5.26 Å². The summed E-state index contributed by atoms with van der Waals surface area (Å²) in [4.78, 5) is 12.1. The van der Waals surface area contributed by atoms with E-state index in [9.17, 15) is 14.4 Å². The number of nitrogens with zero attached hydrogens (tertiary/aromatic N) is 1. The Balaban J connectivity index is 1.68. The van der Waals surface area contributed by atoms with Crippen LogP contribution in [0.3, 0.4) is 0 Å². The molecule has 0 radical (unpaired) electrons. The van der Waals surface area contributed by atoms with Gasteiger partial charge in [-0.3, -0.25) is 4.79 Å². The topological polar surface area (TPSA) is 75.3 Å². The molecule has 0 saturated carbocycles. The van der Waals surface area contributed by atoms with Crippen LogP contribution in [0.25, 0.3) is 17.4 Å². The summed E-state index contributed by atoms with van der Waals surface area (Å²) in [6.45, 7) is 1.09. The number of halogens is 1. The first-order valence-corrected chi connectivity index (χ1v) is 8.03. The number of hydrogen-bond donors (Lipinski definition) is 1. The van der Waals surface area contributed by atoms with E-state index in [1.54, 1.807) is 24.3 Å². The van der Waals surface area contributed by atoms with Gasteiger partial charge in [0.1, 0.15) is 29.0 Å². The number of amides is 1. The second-order valence-corrected chi connectivity index (χ2v) is 5.72. The van der Waals surface area contributed by atoms with Gasteiger partial charge in [-0.2, -0.15) is 5.26 Å². The van der Waals surface area contributed by atoms with Gasteiger partial charge in [-0.25, -0.2) is 4.39 Å². The predicted octanol–water partition coefficient (Wildman–Crippen LogP) is 3.29. The number of hydrogen-bond acceptors (Lipinski definition) is 4. The number of nitriles is 1. The first-order valence-electron chi connectivity index (χ1n) is 8.03. The SMILES string of the molecule is N#C/C(=C\c1ccc(-c2ccc(F)cc2)o1)C(=O)NCC1CCCO1. The minimum absolute atomic E-state index is 0.0117. The minimum Gasteiger partial charge on any atom is -0.457 e. The summed E-state index contributed by atoms with van der Waals surface area (Å²) in [5.74, 6) is 0.120. The Morgan fingerprint density at radius 1 is 1.32 bits per heavy atom. The van der Waals surface area contributed by atoms with E-state index in [0.717, 1.165) is 12.8 Å². The van der Waals surface area contributed by atoms with Crippen LogP contribution >= 0.6 is 0 Å². The average molecular weight is 340 g/mol. The van der Waals surface area contributed by atoms with Gasteiger partial charge in [-0.1, -0.05) is 0 Å². The molecule has 2 aromatic rings. The van der Waals surface area contributed by atoms with Crippen LogP contribution < -0.4 is 5.32 Å². The zero-order valence-electron chi connectivity index (χ0n) is 13.5. The molecule has 1 fully saturated rings. The van der Waals surface area contributed by atoms with Gasteiger partial charge in [0.15, 0.2) is 0 Å². The van der Waals surface area contributed by atoms with E-state index in [1.807, 2.05) is 6.07 Å². The van der Waals surface area contributed by atoms with Crippen molar-refractivity contribution in [2.24, 2.45) is 0 Å². The van der Waals surface area contributed by atoms with Crippen molar-refractivity contribution >= 4 is 12.0 Å². The van der Waals surface area contributed by atoms with Crippen molar-refractivity contribution in [2.75, 3.05) is 13.2 Å². The van der Waals surface area contributed by atoms with Crippen molar-refractivity contribution in [3.63, 3.8) is 0 Å². The maximum atomic E-state index is 13.0. The number of carbonyl (C=O) groups is 1. The molecule has 128 valence electrons. The van der Waals surface area contributed by atoms with Crippen molar-refractivity contribution in [3.05, 3.63) is 53.5 Å². The van der Waals surface area contributed by atoms with Gasteiger partial charge in [-0.15, -0.1) is 0 Å². The van der Waals surface area contributed by atoms with E-state index in [4.69, 9.17) is 9.15 Å². The number of benzene rings is 1. The smallest absolute Gasteiger partial charge is 0.262 e. The van der Waals surface area contributed by atoms with Crippen LogP contribution in [0.5, 0.6) is 0 Å². The Morgan fingerprint density at radius 2 is 2.12 bits per heavy atom. The van der Waals surface area contributed by atoms with Gasteiger partial charge in [0.05, 0.1) is 6.10 Å². The zero-order chi connectivity index (χ0) is 17.6. The lowest BCUT2D eigenvalue weighted by atomic mass is 10.2. The Bertz CT molecular complexity index is 812. The fourth-order valence-corrected chi connectivity index (χ4v) is 2.60. The van der Waals surface area contributed by atoms with Crippen molar-refractivity contribution < 1.29 is 18.3 Å². The van der Waals surface area contributed by atoms with E-state index < -0.39 is 5.91 Å². The average Bonchev–Trinajstić information content (AvgIpc) is 3.30. The summed E-state index contributed by atoms with van der Waals surface area (Å²) in [6.07, 6.45) is 3.29. The van der Waals surface area contributed by atoms with Crippen molar-refractivity contribution in [2.45, 2.75) is 18.9 Å². The van der Waals surface area contributed by atoms with Crippen molar-refractivity contribution in [3.8, 4) is 17.4 Å². The Kier molecular flexibility index (Phi) is 5.26. The fraction of sp³-hybridized carbons (Fsp3) is 0.263. The lowest BCUT2D eigenvalue weighted by Crippen LogP contribution is -2.32. The highest BCUT2D eigenvalue weighted by Crippen LogP contribution is 2.23. The number of rotatable bonds is 5. The molecule has 1 aromatic heterocycles. The Labute approximate surface area is 144 Å². The number of furan rings is 1. The standard InChI is InChI=1S/C19H17FN2O3/c20-15-5-3-13(4-6-15)18-8-7-16(25-18)10-14(11-21)19(23)22-12-17-2-1-9-24-17/h3-8,10,17H,1-2,9,12H2,(H,22,23)/b14-10+. The molecule has 1 amide bonds. The molecule has 3 rings (SSSR count). The van der Waals surface area contributed by atoms with Crippen molar-refractivity contribution in [1.82, 2.24) is 5.32 Å². The molecule has 1 saturated heterocycles. The highest BCUT2D eigenvalue weighted by Gasteiger charge is 2.18. The molecule has 25 heavy (non-hydrogen) atoms. The Morgan fingerprint density at radius 3 is 2.80 bits per heavy atom. The van der Waals surface area contributed by atoms with Crippen LogP contribution in [0.15, 0.2) is 46.4 Å². The van der Waals surface area contributed by atoms with Crippen LogP contribution in [0.4, 0.5) is 4.39 Å². The van der Waals surface area contributed by atoms with E-state index >= 15 is 0 Å². The van der Waals surface area contributed by atoms with Gasteiger partial charge in [-0.05, 0) is 49.2 Å². The van der Waals surface area contributed by atoms with Crippen LogP contribution in [0.2, 0.25) is 0 Å². The summed E-state index contributed by atoms with van der Waals surface area (Å²) in [5.41, 5.74) is 0.667. The number of carbonyl (C=O) groups excluding carboxylic acids is 1. The van der Waals surface area contributed by atoms with E-state index in [0.29, 0.717) is 30.2 Å². The van der Waals surface area contributed by atoms with Crippen LogP contribution in [0.1, 0.15) is 18.6 Å². The van der Waals surface area contributed by atoms with E-state index in [2.05, 4.69) is 5.32 Å². The zero-order valence-corrected chi connectivity index (χ0v) is 13.5. The summed E-state index contributed by atoms with van der Waals surface area (Å²) in [7, 11) is 0. The lowest BCUT2D eigenvalue weighted by Gasteiger charge is -2.09. The third-order valence-corrected chi connectivity index (χ3v) is 3.92. The third-order valence-electron chi connectivity index (χ3n) is 3.92. The van der Waals surface area contributed by atoms with E-state index in [-0.39, 0.29) is 17.5 Å². The van der Waals surface area contributed by atoms with Gasteiger partial charge in [0.25, 0.3) is 5.91 Å². The lowest BCUT2D eigenvalue weighted by molar-refractivity contribution is -0.117. The van der Waals surface area contributed by atoms with Crippen LogP contribution in [0, 0.1) is 17.1 Å². The Hall–Kier alpha value is -2.91. The quantitative estimate of drug-likeness (QED) is 0.669. The van der Waals surface area contributed by atoms with Gasteiger partial charge < -0.3 is 14.5 Å². The molecule has 2 heterocycles. The molecule has 1 aromatic carbocycles. The van der Waals surface area contributed by atoms with E-state index in [1.165, 1.54) is 18.2 Å². The third kappa shape index (κ3) is 4.34. The molecule has 1 aliphatic rings. The number of nitrogens with one attached hydrogen (secondary N) is 1. The minimum atomic E-state index is -0.460. The molecule has 6 heteroatoms. The van der Waals surface area contributed by atoms with Crippen LogP contribution in [-0.2, 0) is 9.53 Å². The molecule has 0 aliphatic carbocycles. The second kappa shape index (κ2) is 7.77. The maximum absolute atomic E-state index is 13.0. The highest BCUT2D eigenvalue weighted by atomic mass is 19.1. The summed E-state index contributed by atoms with van der Waals surface area (Å²) < 4.78 is 24.0. The predicted molar refractivity (Wildman–Crippen MR) is 89.7 cm³/mol. The molecule has 5 nitrogen and oxygen atoms in total. The summed E-state index contributed by atoms with van der Waals surface area (Å²) in [6, 6.07) is 11.1. The molecular weight excluding hydrogens is 323 g/mol. The fourth-order valence-electron chi connectivity index (χ4n) is 2.60. The van der Waals surface area contributed by atoms with Gasteiger partial charge >= 0.3 is 0 Å². The summed E-state index contributed by atoms with van der Waals surface area (Å²) >= 11 is 0. The first-order chi connectivity index (χ1) is 12.2. The molecule has 0 bridgehead atoms. The normalized spacial score (nSPS) is 17.3. The molecule has 0 spiro atoms. The highest BCUT2D eigenvalue weighted by molar-refractivity contribution is 6.01. The van der Waals surface area contributed by atoms with Crippen LogP contribution in [-0.4, -0.2) is 25.2 Å². The molecule has 1 unspecified atom stereocenters. The largest absolute Gasteiger partial charge is 0.457 e. The monoisotopic (exact) mass is 340 g/mol. The van der Waals surface area contributed by atoms with Gasteiger partial charge in [0.2, 0.25) is 0 Å². The molecular formula is C19H17FN2O3. The molecule has 1 atom stereocenters. The van der Waals surface area contributed by atoms with Gasteiger partial charge in [0, 0.05) is 24.8 Å². The number of ether oxygens (including phenoxy) is 1. The summed E-state index contributed by atoms with van der Waals surface area (Å²) in [5, 5.41) is 11.9. The molecule has 1 N–H and O–H groups in total. The maximum Gasteiger partial charge on any atom is 0.262 e. The molecule has 1 aliphatic heterocycles. The second-order valence-electron chi connectivity index (χ2n) is 5.72.